The first-order chi connectivity index (χ1) is 15.1. The first-order valence-corrected chi connectivity index (χ1v) is 11.6. The third kappa shape index (κ3) is 4.52. The fourth-order valence-corrected chi connectivity index (χ4v) is 4.50. The van der Waals surface area contributed by atoms with Gasteiger partial charge in [0.15, 0.2) is 11.5 Å². The van der Waals surface area contributed by atoms with Crippen molar-refractivity contribution in [1.29, 1.82) is 0 Å². The van der Waals surface area contributed by atoms with Gasteiger partial charge in [-0.25, -0.2) is 13.2 Å². The predicted octanol–water partition coefficient (Wildman–Crippen LogP) is 2.57. The number of carboxylic acid groups (broad SMARTS) is 1. The van der Waals surface area contributed by atoms with Gasteiger partial charge in [-0.3, -0.25) is 19.8 Å². The summed E-state index contributed by atoms with van der Waals surface area (Å²) in [5.41, 5.74) is 0.149. The number of ether oxygens (including phenoxy) is 2. The number of carbonyl (C=O) groups is 3. The van der Waals surface area contributed by atoms with Crippen molar-refractivity contribution < 1.29 is 37.4 Å². The monoisotopic (exact) mass is 462 g/mol. The Hall–Kier alpha value is -3.60. The molecule has 1 aliphatic heterocycles. The van der Waals surface area contributed by atoms with Gasteiger partial charge in [0.25, 0.3) is 11.8 Å². The van der Waals surface area contributed by atoms with Crippen LogP contribution in [-0.2, 0) is 9.84 Å². The summed E-state index contributed by atoms with van der Waals surface area (Å²) >= 11 is 0. The van der Waals surface area contributed by atoms with E-state index in [1.165, 1.54) is 31.4 Å². The molecular formula is C21H22N2O8S. The average molecular weight is 462 g/mol. The second-order valence-electron chi connectivity index (χ2n) is 7.09. The van der Waals surface area contributed by atoms with Crippen LogP contribution in [0.3, 0.4) is 0 Å². The molecule has 0 radical (unpaired) electrons. The van der Waals surface area contributed by atoms with Gasteiger partial charge in [0.1, 0.15) is 9.84 Å². The van der Waals surface area contributed by atoms with E-state index in [1.807, 2.05) is 0 Å². The molecule has 0 spiro atoms. The van der Waals surface area contributed by atoms with Crippen molar-refractivity contribution in [3.63, 3.8) is 0 Å². The maximum Gasteiger partial charge on any atom is 0.409 e. The SMILES string of the molecule is CCOc1cc(C(CS(C)(=O)=O)N2C(=O)c3cccc(NC(=O)O)c3C2=O)ccc1OC. The number of fused-ring (bicyclic) bond motifs is 1. The molecule has 0 saturated carbocycles. The Morgan fingerprint density at radius 1 is 1.16 bits per heavy atom. The first-order valence-electron chi connectivity index (χ1n) is 9.56. The van der Waals surface area contributed by atoms with Crippen LogP contribution in [0.1, 0.15) is 39.2 Å². The molecule has 0 aromatic heterocycles. The fourth-order valence-electron chi connectivity index (χ4n) is 3.58. The number of sulfone groups is 1. The number of anilines is 1. The minimum Gasteiger partial charge on any atom is -0.493 e. The smallest absolute Gasteiger partial charge is 0.409 e. The van der Waals surface area contributed by atoms with Crippen LogP contribution in [0.2, 0.25) is 0 Å². The number of nitrogens with one attached hydrogen (secondary N) is 1. The minimum atomic E-state index is -3.64. The van der Waals surface area contributed by atoms with E-state index in [0.29, 0.717) is 23.7 Å². The second-order valence-corrected chi connectivity index (χ2v) is 9.27. The summed E-state index contributed by atoms with van der Waals surface area (Å²) in [5, 5.41) is 11.2. The van der Waals surface area contributed by atoms with Crippen molar-refractivity contribution in [3.8, 4) is 11.5 Å². The number of carbonyl (C=O) groups excluding carboxylic acids is 2. The van der Waals surface area contributed by atoms with Gasteiger partial charge in [0.05, 0.1) is 42.3 Å². The van der Waals surface area contributed by atoms with Crippen LogP contribution in [0.15, 0.2) is 36.4 Å². The molecule has 1 aliphatic rings. The van der Waals surface area contributed by atoms with E-state index in [2.05, 4.69) is 5.32 Å². The number of hydrogen-bond donors (Lipinski definition) is 2. The summed E-state index contributed by atoms with van der Waals surface area (Å²) in [6, 6.07) is 7.65. The lowest BCUT2D eigenvalue weighted by atomic mass is 10.1. The van der Waals surface area contributed by atoms with E-state index < -0.39 is 39.5 Å². The van der Waals surface area contributed by atoms with Gasteiger partial charge in [-0.05, 0) is 36.8 Å². The van der Waals surface area contributed by atoms with Crippen molar-refractivity contribution in [2.45, 2.75) is 13.0 Å². The van der Waals surface area contributed by atoms with Crippen molar-refractivity contribution in [3.05, 3.63) is 53.1 Å². The largest absolute Gasteiger partial charge is 0.493 e. The lowest BCUT2D eigenvalue weighted by molar-refractivity contribution is 0.0597. The predicted molar refractivity (Wildman–Crippen MR) is 115 cm³/mol. The average Bonchev–Trinajstić information content (AvgIpc) is 2.96. The van der Waals surface area contributed by atoms with E-state index in [9.17, 15) is 22.8 Å². The zero-order valence-electron chi connectivity index (χ0n) is 17.6. The quantitative estimate of drug-likeness (QED) is 0.571. The highest BCUT2D eigenvalue weighted by Crippen LogP contribution is 2.38. The Labute approximate surface area is 184 Å². The van der Waals surface area contributed by atoms with E-state index in [1.54, 1.807) is 19.1 Å². The van der Waals surface area contributed by atoms with Crippen LogP contribution in [-0.4, -0.2) is 62.1 Å². The van der Waals surface area contributed by atoms with Gasteiger partial charge in [0, 0.05) is 6.26 Å². The Balaban J connectivity index is 2.13. The van der Waals surface area contributed by atoms with Gasteiger partial charge < -0.3 is 14.6 Å². The molecule has 1 heterocycles. The van der Waals surface area contributed by atoms with Gasteiger partial charge in [-0.1, -0.05) is 12.1 Å². The van der Waals surface area contributed by atoms with Crippen molar-refractivity contribution in [2.24, 2.45) is 0 Å². The zero-order chi connectivity index (χ0) is 23.6. The van der Waals surface area contributed by atoms with Crippen molar-refractivity contribution in [1.82, 2.24) is 4.90 Å². The molecule has 1 unspecified atom stereocenters. The molecule has 3 amide bonds. The zero-order valence-corrected chi connectivity index (χ0v) is 18.4. The van der Waals surface area contributed by atoms with Crippen molar-refractivity contribution >= 4 is 33.4 Å². The Morgan fingerprint density at radius 2 is 1.88 bits per heavy atom. The lowest BCUT2D eigenvalue weighted by Crippen LogP contribution is -2.37. The van der Waals surface area contributed by atoms with E-state index in [0.717, 1.165) is 11.2 Å². The highest BCUT2D eigenvalue weighted by molar-refractivity contribution is 7.90. The van der Waals surface area contributed by atoms with Crippen LogP contribution < -0.4 is 14.8 Å². The first kappa shape index (κ1) is 23.1. The molecule has 0 fully saturated rings. The minimum absolute atomic E-state index is 0.0155. The summed E-state index contributed by atoms with van der Waals surface area (Å²) in [7, 11) is -2.19. The van der Waals surface area contributed by atoms with Gasteiger partial charge in [-0.15, -0.1) is 0 Å². The number of methoxy groups -OCH3 is 1. The van der Waals surface area contributed by atoms with E-state index in [4.69, 9.17) is 14.6 Å². The molecule has 2 aromatic rings. The summed E-state index contributed by atoms with van der Waals surface area (Å²) in [5.74, 6) is -1.31. The molecule has 3 rings (SSSR count). The van der Waals surface area contributed by atoms with E-state index >= 15 is 0 Å². The summed E-state index contributed by atoms with van der Waals surface area (Å²) in [6.07, 6.45) is -0.399. The Morgan fingerprint density at radius 3 is 2.47 bits per heavy atom. The normalized spacial score (nSPS) is 14.2. The van der Waals surface area contributed by atoms with Crippen LogP contribution >= 0.6 is 0 Å². The topological polar surface area (TPSA) is 139 Å². The number of hydrogen-bond acceptors (Lipinski definition) is 7. The molecule has 2 aromatic carbocycles. The molecule has 0 aliphatic carbocycles. The number of benzene rings is 2. The number of nitrogens with zero attached hydrogens (tertiary/aromatic N) is 1. The molecule has 0 saturated heterocycles. The summed E-state index contributed by atoms with van der Waals surface area (Å²) in [6.45, 7) is 2.08. The molecule has 0 bridgehead atoms. The van der Waals surface area contributed by atoms with Crippen molar-refractivity contribution in [2.75, 3.05) is 31.0 Å². The summed E-state index contributed by atoms with van der Waals surface area (Å²) in [4.78, 5) is 38.4. The number of rotatable bonds is 8. The molecule has 170 valence electrons. The second kappa shape index (κ2) is 8.87. The van der Waals surface area contributed by atoms with E-state index in [-0.39, 0.29) is 16.8 Å². The van der Waals surface area contributed by atoms with Gasteiger partial charge >= 0.3 is 6.09 Å². The number of imide groups is 1. The molecule has 2 N–H and O–H groups in total. The third-order valence-corrected chi connectivity index (χ3v) is 5.75. The maximum atomic E-state index is 13.3. The molecule has 10 nitrogen and oxygen atoms in total. The Kier molecular flexibility index (Phi) is 6.40. The Bertz CT molecular complexity index is 1190. The molecular weight excluding hydrogens is 440 g/mol. The number of amides is 3. The highest BCUT2D eigenvalue weighted by atomic mass is 32.2. The fraction of sp³-hybridized carbons (Fsp3) is 0.286. The highest BCUT2D eigenvalue weighted by Gasteiger charge is 2.43. The van der Waals surface area contributed by atoms with Gasteiger partial charge in [-0.2, -0.15) is 0 Å². The van der Waals surface area contributed by atoms with Gasteiger partial charge in [0.2, 0.25) is 0 Å². The molecule has 32 heavy (non-hydrogen) atoms. The summed E-state index contributed by atoms with van der Waals surface area (Å²) < 4.78 is 35.2. The maximum absolute atomic E-state index is 13.3. The standard InChI is InChI=1S/C21H22N2O8S/c1-4-31-17-10-12(8-9-16(17)30-2)15(11-32(3,28)29)23-19(24)13-6-5-7-14(22-21(26)27)18(13)20(23)25/h5-10,15,22H,4,11H2,1-3H3,(H,26,27). The van der Waals surface area contributed by atoms with Crippen LogP contribution in [0.25, 0.3) is 0 Å². The van der Waals surface area contributed by atoms with Crippen LogP contribution in [0.5, 0.6) is 11.5 Å². The van der Waals surface area contributed by atoms with Crippen LogP contribution in [0.4, 0.5) is 10.5 Å². The molecule has 1 atom stereocenters. The van der Waals surface area contributed by atoms with Crippen LogP contribution in [0, 0.1) is 0 Å². The molecule has 11 heteroatoms. The lowest BCUT2D eigenvalue weighted by Gasteiger charge is -2.27. The third-order valence-electron chi connectivity index (χ3n) is 4.83.